The topological polar surface area (TPSA) is 92.6 Å². The molecule has 9 heteroatoms. The molecule has 0 spiro atoms. The molecule has 1 aromatic carbocycles. The van der Waals surface area contributed by atoms with Crippen molar-refractivity contribution < 1.29 is 19.0 Å². The summed E-state index contributed by atoms with van der Waals surface area (Å²) < 4.78 is 17.1. The zero-order valence-corrected chi connectivity index (χ0v) is 21.0. The summed E-state index contributed by atoms with van der Waals surface area (Å²) in [7, 11) is 0. The van der Waals surface area contributed by atoms with E-state index < -0.39 is 5.91 Å². The van der Waals surface area contributed by atoms with Gasteiger partial charge in [-0.15, -0.1) is 11.3 Å². The van der Waals surface area contributed by atoms with Gasteiger partial charge in [-0.25, -0.2) is 0 Å². The highest BCUT2D eigenvalue weighted by Gasteiger charge is 2.25. The van der Waals surface area contributed by atoms with Gasteiger partial charge in [0.05, 0.1) is 25.4 Å². The Bertz CT molecular complexity index is 1050. The molecule has 7 nitrogen and oxygen atoms in total. The molecule has 0 bridgehead atoms. The molecule has 3 rings (SSSR count). The van der Waals surface area contributed by atoms with Crippen molar-refractivity contribution in [1.82, 2.24) is 5.32 Å². The highest BCUT2D eigenvalue weighted by atomic mass is 32.1. The van der Waals surface area contributed by atoms with E-state index in [1.165, 1.54) is 16.2 Å². The maximum Gasteiger partial charge on any atom is 0.257 e. The minimum Gasteiger partial charge on any atom is -0.490 e. The fourth-order valence-corrected chi connectivity index (χ4v) is 5.41. The molecule has 0 saturated carbocycles. The molecule has 0 aliphatic heterocycles. The third-order valence-electron chi connectivity index (χ3n) is 5.25. The van der Waals surface area contributed by atoms with E-state index in [4.69, 9.17) is 26.4 Å². The number of thiophene rings is 1. The van der Waals surface area contributed by atoms with Crippen molar-refractivity contribution in [1.29, 1.82) is 5.26 Å². The monoisotopic (exact) mass is 487 g/mol. The van der Waals surface area contributed by atoms with Gasteiger partial charge in [0.15, 0.2) is 16.6 Å². The second kappa shape index (κ2) is 11.3. The lowest BCUT2D eigenvalue weighted by atomic mass is 9.89. The first kappa shape index (κ1) is 24.8. The lowest BCUT2D eigenvalue weighted by molar-refractivity contribution is 0.0976. The highest BCUT2D eigenvalue weighted by Crippen LogP contribution is 2.40. The summed E-state index contributed by atoms with van der Waals surface area (Å²) >= 11 is 6.92. The van der Waals surface area contributed by atoms with Gasteiger partial charge >= 0.3 is 0 Å². The van der Waals surface area contributed by atoms with Crippen LogP contribution in [0.5, 0.6) is 17.2 Å². The Hall–Kier alpha value is -2.83. The maximum atomic E-state index is 13.0. The molecule has 0 fully saturated rings. The van der Waals surface area contributed by atoms with Crippen molar-refractivity contribution in [2.75, 3.05) is 25.1 Å². The fraction of sp³-hybridized carbons (Fsp3) is 0.458. The van der Waals surface area contributed by atoms with Gasteiger partial charge in [0.25, 0.3) is 5.91 Å². The standard InChI is InChI=1S/C24H29N3O4S2/c1-5-29-18-11-15(12-19(30-6-2)21(18)31-7-3)22(28)26-24(32)27-23-17(13-25)16-9-8-14(4)10-20(16)33-23/h11-12,14H,5-10H2,1-4H3,(H2,26,27,28,32)/t14-/m1/s1. The lowest BCUT2D eigenvalue weighted by Crippen LogP contribution is -2.34. The number of nitriles is 1. The zero-order chi connectivity index (χ0) is 24.0. The third-order valence-corrected chi connectivity index (χ3v) is 6.62. The number of hydrogen-bond acceptors (Lipinski definition) is 7. The van der Waals surface area contributed by atoms with Crippen LogP contribution < -0.4 is 24.8 Å². The van der Waals surface area contributed by atoms with Crippen LogP contribution in [0.2, 0.25) is 0 Å². The predicted molar refractivity (Wildman–Crippen MR) is 134 cm³/mol. The normalized spacial score (nSPS) is 14.6. The van der Waals surface area contributed by atoms with E-state index in [9.17, 15) is 10.1 Å². The summed E-state index contributed by atoms with van der Waals surface area (Å²) in [6.45, 7) is 9.06. The predicted octanol–water partition coefficient (Wildman–Crippen LogP) is 5.07. The SMILES string of the molecule is CCOc1cc(C(=O)NC(=S)Nc2sc3c(c2C#N)CC[C@@H](C)C3)cc(OCC)c1OCC. The number of fused-ring (bicyclic) bond motifs is 1. The van der Waals surface area contributed by atoms with Crippen molar-refractivity contribution in [3.05, 3.63) is 33.7 Å². The van der Waals surface area contributed by atoms with E-state index in [2.05, 4.69) is 23.6 Å². The van der Waals surface area contributed by atoms with Crippen LogP contribution in [0.4, 0.5) is 5.00 Å². The summed E-state index contributed by atoms with van der Waals surface area (Å²) in [6, 6.07) is 5.52. The van der Waals surface area contributed by atoms with Gasteiger partial charge in [0.2, 0.25) is 5.75 Å². The number of amides is 1. The van der Waals surface area contributed by atoms with Crippen molar-refractivity contribution in [2.24, 2.45) is 5.92 Å². The number of nitrogens with one attached hydrogen (secondary N) is 2. The molecule has 0 unspecified atom stereocenters. The Morgan fingerprint density at radius 2 is 1.82 bits per heavy atom. The lowest BCUT2D eigenvalue weighted by Gasteiger charge is -2.17. The smallest absolute Gasteiger partial charge is 0.257 e. The van der Waals surface area contributed by atoms with Gasteiger partial charge < -0.3 is 19.5 Å². The van der Waals surface area contributed by atoms with Crippen molar-refractivity contribution >= 4 is 39.6 Å². The zero-order valence-electron chi connectivity index (χ0n) is 19.4. The van der Waals surface area contributed by atoms with Gasteiger partial charge in [-0.2, -0.15) is 5.26 Å². The number of thiocarbonyl (C=S) groups is 1. The Morgan fingerprint density at radius 1 is 1.18 bits per heavy atom. The van der Waals surface area contributed by atoms with Crippen molar-refractivity contribution in [2.45, 2.75) is 47.0 Å². The number of ether oxygens (including phenoxy) is 3. The molecule has 1 aromatic heterocycles. The van der Waals surface area contributed by atoms with Crippen LogP contribution in [-0.4, -0.2) is 30.8 Å². The molecule has 2 aromatic rings. The van der Waals surface area contributed by atoms with E-state index in [0.29, 0.717) is 59.1 Å². The summed E-state index contributed by atoms with van der Waals surface area (Å²) in [6.07, 6.45) is 2.92. The van der Waals surface area contributed by atoms with E-state index in [-0.39, 0.29) is 5.11 Å². The van der Waals surface area contributed by atoms with E-state index in [1.54, 1.807) is 12.1 Å². The molecule has 2 N–H and O–H groups in total. The van der Waals surface area contributed by atoms with Crippen LogP contribution in [0.3, 0.4) is 0 Å². The van der Waals surface area contributed by atoms with E-state index in [0.717, 1.165) is 24.8 Å². The third kappa shape index (κ3) is 5.75. The first-order valence-corrected chi connectivity index (χ1v) is 12.4. The highest BCUT2D eigenvalue weighted by molar-refractivity contribution is 7.80. The first-order chi connectivity index (χ1) is 15.9. The summed E-state index contributed by atoms with van der Waals surface area (Å²) in [5, 5.41) is 16.2. The number of rotatable bonds is 8. The number of nitrogens with zero attached hydrogens (tertiary/aromatic N) is 1. The van der Waals surface area contributed by atoms with Crippen LogP contribution in [0, 0.1) is 17.2 Å². The Morgan fingerprint density at radius 3 is 2.39 bits per heavy atom. The minimum absolute atomic E-state index is 0.132. The van der Waals surface area contributed by atoms with Gasteiger partial charge in [-0.3, -0.25) is 10.1 Å². The molecule has 1 heterocycles. The number of anilines is 1. The first-order valence-electron chi connectivity index (χ1n) is 11.1. The second-order valence-corrected chi connectivity index (χ2v) is 9.19. The number of benzene rings is 1. The minimum atomic E-state index is -0.411. The van der Waals surface area contributed by atoms with Crippen LogP contribution in [-0.2, 0) is 12.8 Å². The van der Waals surface area contributed by atoms with Gasteiger partial charge in [0.1, 0.15) is 11.1 Å². The molecular weight excluding hydrogens is 458 g/mol. The average Bonchev–Trinajstić information content (AvgIpc) is 3.11. The Balaban J connectivity index is 1.80. The molecule has 0 saturated heterocycles. The quantitative estimate of drug-likeness (QED) is 0.502. The molecule has 0 radical (unpaired) electrons. The van der Waals surface area contributed by atoms with Crippen LogP contribution in [0.1, 0.15) is 60.5 Å². The van der Waals surface area contributed by atoms with Crippen molar-refractivity contribution in [3.63, 3.8) is 0 Å². The molecule has 1 amide bonds. The maximum absolute atomic E-state index is 13.0. The summed E-state index contributed by atoms with van der Waals surface area (Å²) in [5.74, 6) is 1.52. The Labute approximate surface area is 204 Å². The number of carbonyl (C=O) groups excluding carboxylic acids is 1. The molecule has 1 aliphatic carbocycles. The van der Waals surface area contributed by atoms with Crippen LogP contribution >= 0.6 is 23.6 Å². The van der Waals surface area contributed by atoms with Crippen molar-refractivity contribution in [3.8, 4) is 23.3 Å². The summed E-state index contributed by atoms with van der Waals surface area (Å²) in [5.41, 5.74) is 2.05. The fourth-order valence-electron chi connectivity index (χ4n) is 3.79. The molecule has 33 heavy (non-hydrogen) atoms. The number of hydrogen-bond donors (Lipinski definition) is 2. The Kier molecular flexibility index (Phi) is 8.53. The van der Waals surface area contributed by atoms with Gasteiger partial charge in [-0.05, 0) is 75.9 Å². The molecular formula is C24H29N3O4S2. The molecule has 1 atom stereocenters. The number of carbonyl (C=O) groups is 1. The molecule has 1 aliphatic rings. The van der Waals surface area contributed by atoms with E-state index in [1.807, 2.05) is 20.8 Å². The van der Waals surface area contributed by atoms with Crippen LogP contribution in [0.15, 0.2) is 12.1 Å². The van der Waals surface area contributed by atoms with Gasteiger partial charge in [0, 0.05) is 10.4 Å². The van der Waals surface area contributed by atoms with E-state index >= 15 is 0 Å². The molecule has 176 valence electrons. The second-order valence-electron chi connectivity index (χ2n) is 7.68. The van der Waals surface area contributed by atoms with Crippen LogP contribution in [0.25, 0.3) is 0 Å². The average molecular weight is 488 g/mol. The largest absolute Gasteiger partial charge is 0.490 e. The summed E-state index contributed by atoms with van der Waals surface area (Å²) in [4.78, 5) is 14.2. The van der Waals surface area contributed by atoms with Gasteiger partial charge in [-0.1, -0.05) is 6.92 Å².